The van der Waals surface area contributed by atoms with Gasteiger partial charge in [-0.05, 0) is 12.1 Å². The lowest BCUT2D eigenvalue weighted by Gasteiger charge is -1.97. The third kappa shape index (κ3) is 2.66. The smallest absolute Gasteiger partial charge is 0.355 e. The minimum atomic E-state index is -1.14. The number of aromatic carboxylic acids is 1. The standard InChI is InChI=1S/C9H6ClNO2S/c10-7-4-3-6(2-1-5-14)8(11-7)9(12)13/h3-4,14H,5H2,(H,12,13). The molecule has 1 aromatic heterocycles. The van der Waals surface area contributed by atoms with Gasteiger partial charge in [-0.3, -0.25) is 0 Å². The van der Waals surface area contributed by atoms with Gasteiger partial charge in [0.2, 0.25) is 0 Å². The number of halogens is 1. The van der Waals surface area contributed by atoms with Crippen molar-refractivity contribution in [2.24, 2.45) is 0 Å². The van der Waals surface area contributed by atoms with Gasteiger partial charge in [-0.25, -0.2) is 9.78 Å². The molecular weight excluding hydrogens is 222 g/mol. The number of nitrogens with zero attached hydrogens (tertiary/aromatic N) is 1. The van der Waals surface area contributed by atoms with Gasteiger partial charge < -0.3 is 5.11 Å². The third-order valence-corrected chi connectivity index (χ3v) is 1.73. The first-order valence-corrected chi connectivity index (χ1v) is 4.65. The van der Waals surface area contributed by atoms with E-state index in [2.05, 4.69) is 29.5 Å². The highest BCUT2D eigenvalue weighted by atomic mass is 35.5. The van der Waals surface area contributed by atoms with Crippen LogP contribution in [0.25, 0.3) is 0 Å². The molecule has 1 rings (SSSR count). The van der Waals surface area contributed by atoms with E-state index in [-0.39, 0.29) is 10.8 Å². The summed E-state index contributed by atoms with van der Waals surface area (Å²) in [5.41, 5.74) is 0.211. The molecule has 1 N–H and O–H groups in total. The maximum atomic E-state index is 10.7. The van der Waals surface area contributed by atoms with E-state index >= 15 is 0 Å². The van der Waals surface area contributed by atoms with Crippen molar-refractivity contribution in [1.82, 2.24) is 4.98 Å². The molecule has 14 heavy (non-hydrogen) atoms. The van der Waals surface area contributed by atoms with Gasteiger partial charge in [0, 0.05) is 0 Å². The van der Waals surface area contributed by atoms with Crippen molar-refractivity contribution >= 4 is 30.2 Å². The van der Waals surface area contributed by atoms with Crippen LogP contribution in [0.15, 0.2) is 12.1 Å². The number of carboxylic acid groups (broad SMARTS) is 1. The molecule has 72 valence electrons. The Hall–Kier alpha value is -1.18. The molecule has 0 fully saturated rings. The highest BCUT2D eigenvalue weighted by Gasteiger charge is 2.10. The van der Waals surface area contributed by atoms with E-state index in [9.17, 15) is 4.79 Å². The summed E-state index contributed by atoms with van der Waals surface area (Å²) in [6, 6.07) is 3.02. The second-order valence-electron chi connectivity index (χ2n) is 2.30. The summed E-state index contributed by atoms with van der Waals surface area (Å²) in [5, 5.41) is 8.92. The van der Waals surface area contributed by atoms with Crippen molar-refractivity contribution in [1.29, 1.82) is 0 Å². The Kier molecular flexibility index (Phi) is 3.81. The van der Waals surface area contributed by atoms with Gasteiger partial charge in [-0.1, -0.05) is 23.4 Å². The van der Waals surface area contributed by atoms with Crippen molar-refractivity contribution in [2.75, 3.05) is 5.75 Å². The number of aromatic nitrogens is 1. The van der Waals surface area contributed by atoms with Crippen molar-refractivity contribution in [3.63, 3.8) is 0 Å². The molecule has 3 nitrogen and oxygen atoms in total. The van der Waals surface area contributed by atoms with Crippen LogP contribution in [-0.4, -0.2) is 21.8 Å². The second kappa shape index (κ2) is 4.89. The number of carbonyl (C=O) groups is 1. The molecule has 0 aliphatic rings. The maximum Gasteiger partial charge on any atom is 0.355 e. The topological polar surface area (TPSA) is 50.2 Å². The van der Waals surface area contributed by atoms with Crippen molar-refractivity contribution < 1.29 is 9.90 Å². The van der Waals surface area contributed by atoms with Gasteiger partial charge in [0.25, 0.3) is 0 Å². The number of hydrogen-bond donors (Lipinski definition) is 2. The largest absolute Gasteiger partial charge is 0.476 e. The molecule has 0 bridgehead atoms. The van der Waals surface area contributed by atoms with Gasteiger partial charge >= 0.3 is 5.97 Å². The zero-order valence-electron chi connectivity index (χ0n) is 6.99. The lowest BCUT2D eigenvalue weighted by molar-refractivity contribution is 0.0690. The van der Waals surface area contributed by atoms with Crippen molar-refractivity contribution in [2.45, 2.75) is 0 Å². The predicted octanol–water partition coefficient (Wildman–Crippen LogP) is 1.71. The molecule has 0 aliphatic carbocycles. The van der Waals surface area contributed by atoms with Gasteiger partial charge in [0.05, 0.1) is 11.3 Å². The Morgan fingerprint density at radius 1 is 1.64 bits per heavy atom. The van der Waals surface area contributed by atoms with E-state index < -0.39 is 5.97 Å². The van der Waals surface area contributed by atoms with Gasteiger partial charge in [0.15, 0.2) is 5.69 Å². The van der Waals surface area contributed by atoms with Crippen molar-refractivity contribution in [3.05, 3.63) is 28.5 Å². The lowest BCUT2D eigenvalue weighted by atomic mass is 10.2. The fourth-order valence-corrected chi connectivity index (χ4v) is 1.06. The second-order valence-corrected chi connectivity index (χ2v) is 3.00. The summed E-state index contributed by atoms with van der Waals surface area (Å²) in [6.45, 7) is 0. The number of hydrogen-bond acceptors (Lipinski definition) is 3. The highest BCUT2D eigenvalue weighted by Crippen LogP contribution is 2.10. The molecule has 0 atom stereocenters. The van der Waals surface area contributed by atoms with E-state index in [0.29, 0.717) is 11.3 Å². The zero-order chi connectivity index (χ0) is 10.6. The molecule has 0 aromatic carbocycles. The molecule has 0 saturated carbocycles. The zero-order valence-corrected chi connectivity index (χ0v) is 8.64. The SMILES string of the molecule is O=C(O)c1nc(Cl)ccc1C#CCS. The number of pyridine rings is 1. The molecule has 1 heterocycles. The van der Waals surface area contributed by atoms with Crippen LogP contribution in [0.2, 0.25) is 5.15 Å². The van der Waals surface area contributed by atoms with Crippen LogP contribution in [-0.2, 0) is 0 Å². The summed E-state index contributed by atoms with van der Waals surface area (Å²) >= 11 is 9.45. The Bertz CT molecular complexity index is 423. The Morgan fingerprint density at radius 2 is 2.36 bits per heavy atom. The Balaban J connectivity index is 3.22. The average Bonchev–Trinajstić information content (AvgIpc) is 2.15. The first-order valence-electron chi connectivity index (χ1n) is 3.64. The lowest BCUT2D eigenvalue weighted by Crippen LogP contribution is -2.03. The quantitative estimate of drug-likeness (QED) is 0.436. The summed E-state index contributed by atoms with van der Waals surface area (Å²) < 4.78 is 0. The fourth-order valence-electron chi connectivity index (χ4n) is 0.834. The van der Waals surface area contributed by atoms with Crippen LogP contribution < -0.4 is 0 Å². The Labute approximate surface area is 91.5 Å². The van der Waals surface area contributed by atoms with Crippen LogP contribution in [0.3, 0.4) is 0 Å². The predicted molar refractivity (Wildman–Crippen MR) is 56.9 cm³/mol. The van der Waals surface area contributed by atoms with Crippen LogP contribution >= 0.6 is 24.2 Å². The fraction of sp³-hybridized carbons (Fsp3) is 0.111. The third-order valence-electron chi connectivity index (χ3n) is 1.37. The number of rotatable bonds is 1. The minimum Gasteiger partial charge on any atom is -0.476 e. The van der Waals surface area contributed by atoms with E-state index in [4.69, 9.17) is 16.7 Å². The van der Waals surface area contributed by atoms with Gasteiger partial charge in [-0.2, -0.15) is 12.6 Å². The molecule has 0 unspecified atom stereocenters. The summed E-state index contributed by atoms with van der Waals surface area (Å²) in [7, 11) is 0. The summed E-state index contributed by atoms with van der Waals surface area (Å²) in [5.74, 6) is 4.51. The molecule has 0 saturated heterocycles. The molecule has 0 spiro atoms. The van der Waals surface area contributed by atoms with Crippen molar-refractivity contribution in [3.8, 4) is 11.8 Å². The summed E-state index contributed by atoms with van der Waals surface area (Å²) in [4.78, 5) is 14.4. The van der Waals surface area contributed by atoms with Gasteiger partial charge in [0.1, 0.15) is 5.15 Å². The molecular formula is C9H6ClNO2S. The molecule has 5 heteroatoms. The van der Waals surface area contributed by atoms with Gasteiger partial charge in [-0.15, -0.1) is 0 Å². The minimum absolute atomic E-state index is 0.133. The highest BCUT2D eigenvalue weighted by molar-refractivity contribution is 7.80. The maximum absolute atomic E-state index is 10.7. The first-order chi connectivity index (χ1) is 6.65. The monoisotopic (exact) mass is 227 g/mol. The van der Waals surface area contributed by atoms with Crippen LogP contribution in [0, 0.1) is 11.8 Å². The van der Waals surface area contributed by atoms with E-state index in [1.807, 2.05) is 0 Å². The van der Waals surface area contributed by atoms with E-state index in [1.54, 1.807) is 0 Å². The van der Waals surface area contributed by atoms with E-state index in [0.717, 1.165) is 0 Å². The molecule has 0 radical (unpaired) electrons. The summed E-state index contributed by atoms with van der Waals surface area (Å²) in [6.07, 6.45) is 0. The number of thiol groups is 1. The first kappa shape index (κ1) is 10.9. The normalized spacial score (nSPS) is 9.00. The van der Waals surface area contributed by atoms with E-state index in [1.165, 1.54) is 12.1 Å². The number of carboxylic acids is 1. The van der Waals surface area contributed by atoms with Crippen LogP contribution in [0.1, 0.15) is 16.1 Å². The Morgan fingerprint density at radius 3 is 2.93 bits per heavy atom. The van der Waals surface area contributed by atoms with Crippen LogP contribution in [0.5, 0.6) is 0 Å². The molecule has 0 aliphatic heterocycles. The van der Waals surface area contributed by atoms with Crippen LogP contribution in [0.4, 0.5) is 0 Å². The molecule has 1 aromatic rings. The molecule has 0 amide bonds. The average molecular weight is 228 g/mol.